The molecule has 2 rings (SSSR count). The Labute approximate surface area is 147 Å². The average molecular weight is 372 g/mol. The van der Waals surface area contributed by atoms with Crippen LogP contribution in [-0.2, 0) is 14.3 Å². The molecule has 1 aliphatic rings. The van der Waals surface area contributed by atoms with Crippen LogP contribution in [0.5, 0.6) is 0 Å². The van der Waals surface area contributed by atoms with Crippen molar-refractivity contribution >= 4 is 28.0 Å². The molecule has 0 saturated carbocycles. The fourth-order valence-corrected chi connectivity index (χ4v) is 3.05. The first-order valence-corrected chi connectivity index (χ1v) is 8.34. The predicted molar refractivity (Wildman–Crippen MR) is 90.8 cm³/mol. The minimum atomic E-state index is -1.31. The highest BCUT2D eigenvalue weighted by Crippen LogP contribution is 2.31. The number of ether oxygens (including phenoxy) is 2. The molecule has 136 valence electrons. The lowest BCUT2D eigenvalue weighted by Crippen LogP contribution is -2.36. The molecule has 0 bridgehead atoms. The van der Waals surface area contributed by atoms with Gasteiger partial charge >= 0.3 is 5.97 Å². The molecule has 0 amide bonds. The molecule has 0 unspecified atom stereocenters. The number of thiazole rings is 1. The average Bonchev–Trinajstić information content (AvgIpc) is 3.11. The standard InChI is InChI=1S/C16H18F2N2O4S/c1-3-11(17)14(18)15(24-8-13(21)22)10(2)12-9-25-16(19-12)20-4-6-23-7-5-20/h3,9H,1,4-8H2,2H3,(H,21,22)/b14-11-,15-10-. The molecular weight excluding hydrogens is 354 g/mol. The molecule has 25 heavy (non-hydrogen) atoms. The largest absolute Gasteiger partial charge is 0.479 e. The van der Waals surface area contributed by atoms with E-state index in [9.17, 15) is 13.6 Å². The predicted octanol–water partition coefficient (Wildman–Crippen LogP) is 3.15. The molecule has 0 aromatic carbocycles. The summed E-state index contributed by atoms with van der Waals surface area (Å²) in [5, 5.41) is 11.1. The quantitative estimate of drug-likeness (QED) is 0.586. The zero-order valence-corrected chi connectivity index (χ0v) is 14.4. The van der Waals surface area contributed by atoms with Gasteiger partial charge in [-0.25, -0.2) is 14.2 Å². The fraction of sp³-hybridized carbons (Fsp3) is 0.375. The fourth-order valence-electron chi connectivity index (χ4n) is 2.12. The number of halogens is 2. The SMILES string of the molecule is C=C/C(F)=C(F)\C(OCC(=O)O)=C(/C)c1csc(N2CCOCC2)n1. The number of carboxylic acid groups (broad SMARTS) is 1. The zero-order chi connectivity index (χ0) is 18.4. The summed E-state index contributed by atoms with van der Waals surface area (Å²) in [4.78, 5) is 17.1. The number of hydrogen-bond acceptors (Lipinski definition) is 6. The van der Waals surface area contributed by atoms with Crippen LogP contribution in [0.2, 0.25) is 0 Å². The van der Waals surface area contributed by atoms with E-state index in [-0.39, 0.29) is 5.57 Å². The third-order valence-electron chi connectivity index (χ3n) is 3.43. The number of nitrogens with zero attached hydrogens (tertiary/aromatic N) is 2. The lowest BCUT2D eigenvalue weighted by Gasteiger charge is -2.26. The van der Waals surface area contributed by atoms with Crippen molar-refractivity contribution < 1.29 is 28.2 Å². The first kappa shape index (κ1) is 19.1. The molecule has 1 saturated heterocycles. The summed E-state index contributed by atoms with van der Waals surface area (Å²) in [7, 11) is 0. The van der Waals surface area contributed by atoms with Crippen LogP contribution in [-0.4, -0.2) is 49.0 Å². The molecule has 0 radical (unpaired) electrons. The van der Waals surface area contributed by atoms with Crippen molar-refractivity contribution in [1.82, 2.24) is 4.98 Å². The van der Waals surface area contributed by atoms with Gasteiger partial charge in [0.05, 0.1) is 18.9 Å². The molecule has 1 aromatic rings. The Bertz CT molecular complexity index is 709. The van der Waals surface area contributed by atoms with Crippen molar-refractivity contribution in [3.05, 3.63) is 41.1 Å². The number of aliphatic carboxylic acids is 1. The van der Waals surface area contributed by atoms with Gasteiger partial charge in [-0.05, 0) is 13.0 Å². The van der Waals surface area contributed by atoms with Gasteiger partial charge in [-0.1, -0.05) is 6.58 Å². The smallest absolute Gasteiger partial charge is 0.341 e. The minimum Gasteiger partial charge on any atom is -0.479 e. The molecular formula is C16H18F2N2O4S. The number of rotatable bonds is 7. The second-order valence-corrected chi connectivity index (χ2v) is 5.95. The summed E-state index contributed by atoms with van der Waals surface area (Å²) in [6.07, 6.45) is 0.687. The van der Waals surface area contributed by atoms with Gasteiger partial charge in [0, 0.05) is 24.0 Å². The zero-order valence-electron chi connectivity index (χ0n) is 13.6. The number of hydrogen-bond donors (Lipinski definition) is 1. The highest BCUT2D eigenvalue weighted by atomic mass is 32.1. The van der Waals surface area contributed by atoms with Gasteiger partial charge in [-0.2, -0.15) is 4.39 Å². The van der Waals surface area contributed by atoms with Crippen LogP contribution in [0.3, 0.4) is 0 Å². The van der Waals surface area contributed by atoms with Gasteiger partial charge in [0.25, 0.3) is 0 Å². The lowest BCUT2D eigenvalue weighted by atomic mass is 10.2. The Morgan fingerprint density at radius 3 is 2.80 bits per heavy atom. The van der Waals surface area contributed by atoms with E-state index in [1.54, 1.807) is 5.38 Å². The molecule has 0 spiro atoms. The number of morpholine rings is 1. The third kappa shape index (κ3) is 4.86. The normalized spacial score (nSPS) is 16.8. The van der Waals surface area contributed by atoms with Gasteiger partial charge in [0.2, 0.25) is 5.83 Å². The van der Waals surface area contributed by atoms with Crippen molar-refractivity contribution in [3.63, 3.8) is 0 Å². The lowest BCUT2D eigenvalue weighted by molar-refractivity contribution is -0.140. The van der Waals surface area contributed by atoms with Crippen molar-refractivity contribution in [2.75, 3.05) is 37.8 Å². The molecule has 6 nitrogen and oxygen atoms in total. The Hall–Kier alpha value is -2.26. The summed E-state index contributed by atoms with van der Waals surface area (Å²) >= 11 is 1.35. The Morgan fingerprint density at radius 1 is 1.52 bits per heavy atom. The highest BCUT2D eigenvalue weighted by Gasteiger charge is 2.21. The van der Waals surface area contributed by atoms with Crippen LogP contribution in [0.4, 0.5) is 13.9 Å². The molecule has 2 heterocycles. The first-order chi connectivity index (χ1) is 11.9. The van der Waals surface area contributed by atoms with Gasteiger partial charge < -0.3 is 19.5 Å². The van der Waals surface area contributed by atoms with Crippen molar-refractivity contribution in [2.45, 2.75) is 6.92 Å². The Kier molecular flexibility index (Phi) is 6.65. The summed E-state index contributed by atoms with van der Waals surface area (Å²) < 4.78 is 38.0. The molecule has 0 atom stereocenters. The van der Waals surface area contributed by atoms with E-state index >= 15 is 0 Å². The van der Waals surface area contributed by atoms with Crippen LogP contribution in [0, 0.1) is 0 Å². The number of allylic oxidation sites excluding steroid dienone is 4. The van der Waals surface area contributed by atoms with Gasteiger partial charge in [-0.3, -0.25) is 0 Å². The molecule has 1 aromatic heterocycles. The monoisotopic (exact) mass is 372 g/mol. The van der Waals surface area contributed by atoms with E-state index in [1.165, 1.54) is 18.3 Å². The molecule has 1 N–H and O–H groups in total. The topological polar surface area (TPSA) is 71.9 Å². The highest BCUT2D eigenvalue weighted by molar-refractivity contribution is 7.13. The van der Waals surface area contributed by atoms with Crippen LogP contribution in [0.15, 0.2) is 35.4 Å². The van der Waals surface area contributed by atoms with Crippen LogP contribution in [0.1, 0.15) is 12.6 Å². The van der Waals surface area contributed by atoms with Crippen LogP contribution in [0.25, 0.3) is 5.57 Å². The van der Waals surface area contributed by atoms with Gasteiger partial charge in [0.1, 0.15) is 0 Å². The van der Waals surface area contributed by atoms with E-state index in [0.717, 1.165) is 5.13 Å². The van der Waals surface area contributed by atoms with Crippen molar-refractivity contribution in [1.29, 1.82) is 0 Å². The Morgan fingerprint density at radius 2 is 2.20 bits per heavy atom. The van der Waals surface area contributed by atoms with Gasteiger partial charge in [0.15, 0.2) is 23.3 Å². The molecule has 9 heteroatoms. The second kappa shape index (κ2) is 8.72. The van der Waals surface area contributed by atoms with E-state index < -0.39 is 30.0 Å². The first-order valence-electron chi connectivity index (χ1n) is 7.46. The number of aromatic nitrogens is 1. The van der Waals surface area contributed by atoms with Crippen LogP contribution < -0.4 is 4.90 Å². The maximum Gasteiger partial charge on any atom is 0.341 e. The Balaban J connectivity index is 2.34. The van der Waals surface area contributed by atoms with Crippen molar-refractivity contribution in [3.8, 4) is 0 Å². The van der Waals surface area contributed by atoms with Gasteiger partial charge in [-0.15, -0.1) is 11.3 Å². The minimum absolute atomic E-state index is 0.200. The molecule has 0 aliphatic carbocycles. The third-order valence-corrected chi connectivity index (χ3v) is 4.33. The van der Waals surface area contributed by atoms with Crippen LogP contribution >= 0.6 is 11.3 Å². The summed E-state index contributed by atoms with van der Waals surface area (Å²) in [6, 6.07) is 0. The van der Waals surface area contributed by atoms with E-state index in [0.29, 0.717) is 38.1 Å². The maximum absolute atomic E-state index is 14.2. The van der Waals surface area contributed by atoms with Crippen molar-refractivity contribution in [2.24, 2.45) is 0 Å². The number of carbonyl (C=O) groups is 1. The summed E-state index contributed by atoms with van der Waals surface area (Å²) in [6.45, 7) is 6.42. The summed E-state index contributed by atoms with van der Waals surface area (Å²) in [5.74, 6) is -4.35. The molecule has 1 fully saturated rings. The summed E-state index contributed by atoms with van der Waals surface area (Å²) in [5.41, 5.74) is 0.588. The van der Waals surface area contributed by atoms with E-state index in [1.807, 2.05) is 4.90 Å². The number of anilines is 1. The maximum atomic E-state index is 14.2. The van der Waals surface area contributed by atoms with E-state index in [4.69, 9.17) is 14.6 Å². The number of carboxylic acids is 1. The molecule has 1 aliphatic heterocycles. The second-order valence-electron chi connectivity index (χ2n) is 5.12. The van der Waals surface area contributed by atoms with E-state index in [2.05, 4.69) is 11.6 Å².